The Hall–Kier alpha value is -1.63. The predicted molar refractivity (Wildman–Crippen MR) is 80.4 cm³/mol. The molecule has 1 saturated carbocycles. The molecular formula is C14H21N3O3S. The maximum atomic E-state index is 11.9. The van der Waals surface area contributed by atoms with Gasteiger partial charge in [0.1, 0.15) is 5.01 Å². The van der Waals surface area contributed by atoms with Crippen molar-refractivity contribution in [2.24, 2.45) is 11.8 Å². The summed E-state index contributed by atoms with van der Waals surface area (Å²) in [7, 11) is 0. The lowest BCUT2D eigenvalue weighted by Crippen LogP contribution is -2.44. The fourth-order valence-electron chi connectivity index (χ4n) is 2.56. The molecular weight excluding hydrogens is 290 g/mol. The quantitative estimate of drug-likeness (QED) is 0.796. The zero-order chi connectivity index (χ0) is 15.4. The van der Waals surface area contributed by atoms with Crippen LogP contribution in [0.5, 0.6) is 0 Å². The molecule has 21 heavy (non-hydrogen) atoms. The molecule has 0 aromatic carbocycles. The molecule has 1 fully saturated rings. The Balaban J connectivity index is 1.75. The zero-order valence-corrected chi connectivity index (χ0v) is 13.1. The Bertz CT molecular complexity index is 517. The number of nitrogens with zero attached hydrogens (tertiary/aromatic N) is 1. The molecule has 3 N–H and O–H groups in total. The minimum Gasteiger partial charge on any atom is -0.476 e. The van der Waals surface area contributed by atoms with Gasteiger partial charge in [0.25, 0.3) is 0 Å². The van der Waals surface area contributed by atoms with Crippen LogP contribution in [0.4, 0.5) is 4.79 Å². The van der Waals surface area contributed by atoms with Gasteiger partial charge < -0.3 is 15.7 Å². The second-order valence-corrected chi connectivity index (χ2v) is 6.67. The maximum Gasteiger partial charge on any atom is 0.355 e. The molecule has 2 amide bonds. The van der Waals surface area contributed by atoms with Crippen molar-refractivity contribution in [3.63, 3.8) is 0 Å². The molecule has 0 bridgehead atoms. The molecule has 116 valence electrons. The number of carboxylic acids is 1. The summed E-state index contributed by atoms with van der Waals surface area (Å²) < 4.78 is 0. The SMILES string of the molecule is CC1CCC(NC(=O)NCc2nc(C(=O)O)cs2)CC1C. The highest BCUT2D eigenvalue weighted by atomic mass is 32.1. The van der Waals surface area contributed by atoms with E-state index in [4.69, 9.17) is 5.11 Å². The third-order valence-electron chi connectivity index (χ3n) is 4.10. The minimum atomic E-state index is -1.05. The first-order valence-electron chi connectivity index (χ1n) is 7.17. The van der Waals surface area contributed by atoms with Crippen molar-refractivity contribution < 1.29 is 14.7 Å². The number of urea groups is 1. The lowest BCUT2D eigenvalue weighted by atomic mass is 9.79. The van der Waals surface area contributed by atoms with Gasteiger partial charge in [-0.05, 0) is 31.1 Å². The van der Waals surface area contributed by atoms with E-state index in [0.717, 1.165) is 25.2 Å². The topological polar surface area (TPSA) is 91.3 Å². The molecule has 6 nitrogen and oxygen atoms in total. The summed E-state index contributed by atoms with van der Waals surface area (Å²) in [5.41, 5.74) is 0.0206. The number of hydrogen-bond acceptors (Lipinski definition) is 4. The lowest BCUT2D eigenvalue weighted by Gasteiger charge is -2.32. The van der Waals surface area contributed by atoms with E-state index in [9.17, 15) is 9.59 Å². The average molecular weight is 311 g/mol. The van der Waals surface area contributed by atoms with Crippen LogP contribution in [0.15, 0.2) is 5.38 Å². The Morgan fingerprint density at radius 3 is 2.76 bits per heavy atom. The van der Waals surface area contributed by atoms with Gasteiger partial charge >= 0.3 is 12.0 Å². The molecule has 0 aliphatic heterocycles. The molecule has 3 unspecified atom stereocenters. The van der Waals surface area contributed by atoms with E-state index in [1.165, 1.54) is 16.7 Å². The van der Waals surface area contributed by atoms with E-state index in [1.807, 2.05) is 0 Å². The van der Waals surface area contributed by atoms with Crippen LogP contribution in [0, 0.1) is 11.8 Å². The molecule has 2 rings (SSSR count). The number of carbonyl (C=O) groups is 2. The van der Waals surface area contributed by atoms with Gasteiger partial charge in [-0.2, -0.15) is 0 Å². The van der Waals surface area contributed by atoms with Gasteiger partial charge in [0.15, 0.2) is 5.69 Å². The van der Waals surface area contributed by atoms with Crippen molar-refractivity contribution in [2.75, 3.05) is 0 Å². The molecule has 1 heterocycles. The van der Waals surface area contributed by atoms with Gasteiger partial charge in [-0.3, -0.25) is 0 Å². The van der Waals surface area contributed by atoms with Gasteiger partial charge in [-0.1, -0.05) is 13.8 Å². The van der Waals surface area contributed by atoms with Crippen LogP contribution in [-0.2, 0) is 6.54 Å². The summed E-state index contributed by atoms with van der Waals surface area (Å²) in [6.07, 6.45) is 3.16. The molecule has 1 aliphatic carbocycles. The number of aromatic nitrogens is 1. The summed E-state index contributed by atoms with van der Waals surface area (Å²) in [6, 6.07) is 0.0101. The average Bonchev–Trinajstić information content (AvgIpc) is 2.90. The van der Waals surface area contributed by atoms with Gasteiger partial charge in [-0.15, -0.1) is 11.3 Å². The van der Waals surface area contributed by atoms with Crippen molar-refractivity contribution in [1.29, 1.82) is 0 Å². The number of rotatable bonds is 4. The number of thiazole rings is 1. The molecule has 0 spiro atoms. The first-order chi connectivity index (χ1) is 9.95. The fourth-order valence-corrected chi connectivity index (χ4v) is 3.27. The van der Waals surface area contributed by atoms with Crippen LogP contribution in [0.2, 0.25) is 0 Å². The van der Waals surface area contributed by atoms with Gasteiger partial charge in [-0.25, -0.2) is 14.6 Å². The van der Waals surface area contributed by atoms with Crippen molar-refractivity contribution in [2.45, 2.75) is 45.7 Å². The standard InChI is InChI=1S/C14H21N3O3S/c1-8-3-4-10(5-9(8)2)16-14(20)15-6-12-17-11(7-21-12)13(18)19/h7-10H,3-6H2,1-2H3,(H,18,19)(H2,15,16,20). The minimum absolute atomic E-state index is 0.0206. The fraction of sp³-hybridized carbons (Fsp3) is 0.643. The van der Waals surface area contributed by atoms with Crippen molar-refractivity contribution in [3.8, 4) is 0 Å². The summed E-state index contributed by atoms with van der Waals surface area (Å²) in [5.74, 6) is 0.296. The summed E-state index contributed by atoms with van der Waals surface area (Å²) >= 11 is 1.23. The highest BCUT2D eigenvalue weighted by molar-refractivity contribution is 7.09. The Morgan fingerprint density at radius 2 is 2.14 bits per heavy atom. The number of hydrogen-bond donors (Lipinski definition) is 3. The van der Waals surface area contributed by atoms with Gasteiger partial charge in [0, 0.05) is 11.4 Å². The van der Waals surface area contributed by atoms with Crippen molar-refractivity contribution >= 4 is 23.3 Å². The van der Waals surface area contributed by atoms with Gasteiger partial charge in [0.2, 0.25) is 0 Å². The monoisotopic (exact) mass is 311 g/mol. The van der Waals surface area contributed by atoms with E-state index in [0.29, 0.717) is 10.9 Å². The molecule has 0 saturated heterocycles. The van der Waals surface area contributed by atoms with E-state index in [2.05, 4.69) is 29.5 Å². The van der Waals surface area contributed by atoms with Crippen LogP contribution < -0.4 is 10.6 Å². The maximum absolute atomic E-state index is 11.9. The molecule has 3 atom stereocenters. The second-order valence-electron chi connectivity index (χ2n) is 5.72. The third-order valence-corrected chi connectivity index (χ3v) is 4.95. The van der Waals surface area contributed by atoms with Crippen molar-refractivity contribution in [3.05, 3.63) is 16.1 Å². The van der Waals surface area contributed by atoms with Crippen LogP contribution in [0.3, 0.4) is 0 Å². The molecule has 1 aromatic rings. The van der Waals surface area contributed by atoms with Crippen LogP contribution in [0.25, 0.3) is 0 Å². The normalized spacial score (nSPS) is 25.3. The van der Waals surface area contributed by atoms with E-state index in [-0.39, 0.29) is 24.3 Å². The molecule has 0 radical (unpaired) electrons. The summed E-state index contributed by atoms with van der Waals surface area (Å²) in [5, 5.41) is 16.6. The van der Waals surface area contributed by atoms with Crippen molar-refractivity contribution in [1.82, 2.24) is 15.6 Å². The number of nitrogens with one attached hydrogen (secondary N) is 2. The smallest absolute Gasteiger partial charge is 0.355 e. The highest BCUT2D eigenvalue weighted by Crippen LogP contribution is 2.29. The van der Waals surface area contributed by atoms with E-state index >= 15 is 0 Å². The Morgan fingerprint density at radius 1 is 1.38 bits per heavy atom. The summed E-state index contributed by atoms with van der Waals surface area (Å²) in [6.45, 7) is 4.73. The number of aromatic carboxylic acids is 1. The van der Waals surface area contributed by atoms with Crippen LogP contribution in [0.1, 0.15) is 48.6 Å². The number of carboxylic acid groups (broad SMARTS) is 1. The predicted octanol–water partition coefficient (Wildman–Crippen LogP) is 2.47. The van der Waals surface area contributed by atoms with Gasteiger partial charge in [0.05, 0.1) is 6.54 Å². The number of amides is 2. The number of carbonyl (C=O) groups excluding carboxylic acids is 1. The van der Waals surface area contributed by atoms with E-state index < -0.39 is 5.97 Å². The molecule has 1 aliphatic rings. The van der Waals surface area contributed by atoms with E-state index in [1.54, 1.807) is 0 Å². The first kappa shape index (κ1) is 15.8. The first-order valence-corrected chi connectivity index (χ1v) is 8.05. The Kier molecular flexibility index (Phi) is 5.17. The molecule has 1 aromatic heterocycles. The van der Waals surface area contributed by atoms with Crippen LogP contribution >= 0.6 is 11.3 Å². The molecule has 7 heteroatoms. The zero-order valence-electron chi connectivity index (χ0n) is 12.3. The lowest BCUT2D eigenvalue weighted by molar-refractivity contribution is 0.0691. The van der Waals surface area contributed by atoms with Crippen LogP contribution in [-0.4, -0.2) is 28.1 Å². The highest BCUT2D eigenvalue weighted by Gasteiger charge is 2.25. The second kappa shape index (κ2) is 6.89. The Labute approximate surface area is 128 Å². The largest absolute Gasteiger partial charge is 0.476 e. The summed E-state index contributed by atoms with van der Waals surface area (Å²) in [4.78, 5) is 26.5. The third kappa shape index (κ3) is 4.42.